The molecule has 5 aromatic rings. The maximum atomic E-state index is 13.7. The highest BCUT2D eigenvalue weighted by Crippen LogP contribution is 2.41. The first-order valence-corrected chi connectivity index (χ1v) is 14.3. The standard InChI is InChI=1S/C31H33N7O2/c1-36-29-23(12-20(14-26(29)40-2)31(39)38-16-19-8-9-24(38)27(19)32)34-30(36)25-13-18-4-3-5-21(22-10-11-33-35-22)28(18)37(25)15-17-6-7-17/h3-5,10-14,17,19,24,27H,6-9,15-16,32H2,1-2H3,(H,33,35)/t19-,24-,27-/m1/s1. The van der Waals surface area contributed by atoms with E-state index in [-0.39, 0.29) is 18.0 Å². The van der Waals surface area contributed by atoms with Gasteiger partial charge in [0.05, 0.1) is 29.5 Å². The molecule has 3 N–H and O–H groups in total. The van der Waals surface area contributed by atoms with E-state index in [0.717, 1.165) is 65.1 Å². The van der Waals surface area contributed by atoms with E-state index in [1.54, 1.807) is 7.11 Å². The van der Waals surface area contributed by atoms with Crippen molar-refractivity contribution in [2.24, 2.45) is 24.6 Å². The fourth-order valence-corrected chi connectivity index (χ4v) is 7.14. The molecule has 9 heteroatoms. The predicted octanol–water partition coefficient (Wildman–Crippen LogP) is 4.57. The molecule has 0 spiro atoms. The number of nitrogens with zero attached hydrogens (tertiary/aromatic N) is 5. The monoisotopic (exact) mass is 535 g/mol. The Kier molecular flexibility index (Phi) is 5.16. The zero-order valence-corrected chi connectivity index (χ0v) is 22.8. The summed E-state index contributed by atoms with van der Waals surface area (Å²) in [5, 5.41) is 8.61. The maximum Gasteiger partial charge on any atom is 0.254 e. The van der Waals surface area contributed by atoms with Gasteiger partial charge in [0.25, 0.3) is 5.91 Å². The number of piperidine rings is 1. The van der Waals surface area contributed by atoms with Crippen LogP contribution in [0.1, 0.15) is 36.0 Å². The Morgan fingerprint density at radius 2 is 2.00 bits per heavy atom. The highest BCUT2D eigenvalue weighted by atomic mass is 16.5. The van der Waals surface area contributed by atoms with Gasteiger partial charge in [0.2, 0.25) is 0 Å². The molecule has 2 saturated carbocycles. The van der Waals surface area contributed by atoms with Crippen LogP contribution in [-0.2, 0) is 13.6 Å². The maximum absolute atomic E-state index is 13.7. The molecule has 2 aliphatic carbocycles. The number of hydrogen-bond acceptors (Lipinski definition) is 5. The number of nitrogens with one attached hydrogen (secondary N) is 1. The Morgan fingerprint density at radius 3 is 2.70 bits per heavy atom. The number of aromatic nitrogens is 5. The molecule has 2 aromatic carbocycles. The lowest BCUT2D eigenvalue weighted by atomic mass is 10.1. The second-order valence-corrected chi connectivity index (χ2v) is 11.8. The number of carbonyl (C=O) groups is 1. The predicted molar refractivity (Wildman–Crippen MR) is 154 cm³/mol. The third-order valence-electron chi connectivity index (χ3n) is 9.38. The Balaban J connectivity index is 1.28. The molecule has 1 saturated heterocycles. The molecule has 4 heterocycles. The van der Waals surface area contributed by atoms with E-state index in [1.165, 1.54) is 18.4 Å². The molecule has 204 valence electrons. The number of benzene rings is 2. The van der Waals surface area contributed by atoms with E-state index < -0.39 is 0 Å². The molecule has 3 aliphatic rings. The van der Waals surface area contributed by atoms with E-state index in [4.69, 9.17) is 15.5 Å². The van der Waals surface area contributed by atoms with Gasteiger partial charge in [0.15, 0.2) is 5.82 Å². The summed E-state index contributed by atoms with van der Waals surface area (Å²) in [6.45, 7) is 1.67. The summed E-state index contributed by atoms with van der Waals surface area (Å²) in [4.78, 5) is 20.8. The van der Waals surface area contributed by atoms with Crippen LogP contribution in [0.2, 0.25) is 0 Å². The van der Waals surface area contributed by atoms with E-state index in [1.807, 2.05) is 36.3 Å². The summed E-state index contributed by atoms with van der Waals surface area (Å²) in [6, 6.07) is 14.6. The van der Waals surface area contributed by atoms with Gasteiger partial charge >= 0.3 is 0 Å². The van der Waals surface area contributed by atoms with Gasteiger partial charge in [-0.25, -0.2) is 4.98 Å². The zero-order chi connectivity index (χ0) is 27.1. The van der Waals surface area contributed by atoms with Gasteiger partial charge in [-0.1, -0.05) is 18.2 Å². The summed E-state index contributed by atoms with van der Waals surface area (Å²) in [6.07, 6.45) is 6.44. The summed E-state index contributed by atoms with van der Waals surface area (Å²) in [7, 11) is 3.69. The number of likely N-dealkylation sites (tertiary alicyclic amines) is 1. The number of aromatic amines is 1. The number of hydrogen-bond donors (Lipinski definition) is 2. The smallest absolute Gasteiger partial charge is 0.254 e. The van der Waals surface area contributed by atoms with Gasteiger partial charge in [-0.2, -0.15) is 5.10 Å². The topological polar surface area (TPSA) is 107 Å². The number of para-hydroxylation sites is 1. The van der Waals surface area contributed by atoms with Crippen LogP contribution in [0.5, 0.6) is 5.75 Å². The SMILES string of the molecule is COc1cc(C(=O)N2C[C@H]3CC[C@@H]2[C@@H]3N)cc2nc(-c3cc4cccc(-c5cc[nH]n5)c4n3CC3CC3)n(C)c12. The number of carbonyl (C=O) groups excluding carboxylic acids is 1. The molecule has 9 nitrogen and oxygen atoms in total. The Morgan fingerprint density at radius 1 is 1.12 bits per heavy atom. The van der Waals surface area contributed by atoms with Gasteiger partial charge in [0.1, 0.15) is 11.3 Å². The minimum Gasteiger partial charge on any atom is -0.494 e. The second-order valence-electron chi connectivity index (χ2n) is 11.8. The Bertz CT molecular complexity index is 1780. The highest BCUT2D eigenvalue weighted by molar-refractivity contribution is 6.01. The van der Waals surface area contributed by atoms with Crippen LogP contribution in [0.15, 0.2) is 48.7 Å². The van der Waals surface area contributed by atoms with Gasteiger partial charge < -0.3 is 24.5 Å². The quantitative estimate of drug-likeness (QED) is 0.331. The fraction of sp³-hybridized carbons (Fsp3) is 0.387. The summed E-state index contributed by atoms with van der Waals surface area (Å²) >= 11 is 0. The van der Waals surface area contributed by atoms with Crippen molar-refractivity contribution >= 4 is 27.8 Å². The van der Waals surface area contributed by atoms with Crippen LogP contribution in [0.4, 0.5) is 0 Å². The first-order valence-electron chi connectivity index (χ1n) is 14.3. The molecule has 1 amide bonds. The van der Waals surface area contributed by atoms with Crippen molar-refractivity contribution in [3.8, 4) is 28.5 Å². The molecule has 3 fully saturated rings. The number of rotatable bonds is 6. The minimum absolute atomic E-state index is 0.0153. The van der Waals surface area contributed by atoms with Crippen LogP contribution in [0, 0.1) is 11.8 Å². The minimum atomic E-state index is 0.0153. The van der Waals surface area contributed by atoms with Crippen molar-refractivity contribution in [1.82, 2.24) is 29.2 Å². The number of amides is 1. The lowest BCUT2D eigenvalue weighted by Crippen LogP contribution is -2.41. The lowest BCUT2D eigenvalue weighted by molar-refractivity contribution is 0.0700. The molecule has 3 aromatic heterocycles. The third kappa shape index (κ3) is 3.46. The van der Waals surface area contributed by atoms with E-state index in [9.17, 15) is 4.79 Å². The molecule has 8 rings (SSSR count). The van der Waals surface area contributed by atoms with Crippen LogP contribution in [-0.4, -0.2) is 60.9 Å². The van der Waals surface area contributed by atoms with Crippen molar-refractivity contribution in [3.05, 3.63) is 54.2 Å². The van der Waals surface area contributed by atoms with E-state index >= 15 is 0 Å². The zero-order valence-electron chi connectivity index (χ0n) is 22.8. The molecule has 2 bridgehead atoms. The van der Waals surface area contributed by atoms with E-state index in [2.05, 4.69) is 43.6 Å². The lowest BCUT2D eigenvalue weighted by Gasteiger charge is -2.27. The largest absolute Gasteiger partial charge is 0.494 e. The summed E-state index contributed by atoms with van der Waals surface area (Å²) in [5.74, 6) is 2.59. The number of H-pyrrole nitrogens is 1. The molecule has 0 radical (unpaired) electrons. The first-order chi connectivity index (χ1) is 19.5. The average molecular weight is 536 g/mol. The first kappa shape index (κ1) is 23.7. The van der Waals surface area contributed by atoms with Gasteiger partial charge in [-0.05, 0) is 61.8 Å². The molecule has 40 heavy (non-hydrogen) atoms. The average Bonchev–Trinajstić information content (AvgIpc) is 3.35. The van der Waals surface area contributed by atoms with Gasteiger partial charge in [-0.3, -0.25) is 9.89 Å². The molecule has 1 aliphatic heterocycles. The number of fused-ring (bicyclic) bond motifs is 4. The molecule has 0 unspecified atom stereocenters. The molecular weight excluding hydrogens is 502 g/mol. The van der Waals surface area contributed by atoms with Crippen LogP contribution < -0.4 is 10.5 Å². The fourth-order valence-electron chi connectivity index (χ4n) is 7.14. The normalized spacial score (nSPS) is 22.2. The number of imidazole rings is 1. The number of nitrogens with two attached hydrogens (primary N) is 1. The Hall–Kier alpha value is -4.11. The molecule has 3 atom stereocenters. The second kappa shape index (κ2) is 8.69. The van der Waals surface area contributed by atoms with Crippen LogP contribution in [0.3, 0.4) is 0 Å². The summed E-state index contributed by atoms with van der Waals surface area (Å²) < 4.78 is 10.4. The summed E-state index contributed by atoms with van der Waals surface area (Å²) in [5.41, 5.74) is 12.9. The van der Waals surface area contributed by atoms with E-state index in [0.29, 0.717) is 23.1 Å². The number of methoxy groups -OCH3 is 1. The van der Waals surface area contributed by atoms with Crippen LogP contribution in [0.25, 0.3) is 44.7 Å². The van der Waals surface area contributed by atoms with Crippen molar-refractivity contribution in [3.63, 3.8) is 0 Å². The van der Waals surface area contributed by atoms with Gasteiger partial charge in [0, 0.05) is 54.9 Å². The van der Waals surface area contributed by atoms with Crippen molar-refractivity contribution in [1.29, 1.82) is 0 Å². The van der Waals surface area contributed by atoms with Crippen LogP contribution >= 0.6 is 0 Å². The van der Waals surface area contributed by atoms with Crippen molar-refractivity contribution in [2.45, 2.75) is 44.3 Å². The number of ether oxygens (including phenoxy) is 1. The Labute approximate surface area is 231 Å². The number of aryl methyl sites for hydroxylation is 1. The van der Waals surface area contributed by atoms with Crippen molar-refractivity contribution < 1.29 is 9.53 Å². The highest BCUT2D eigenvalue weighted by Gasteiger charge is 2.47. The van der Waals surface area contributed by atoms with Crippen molar-refractivity contribution in [2.75, 3.05) is 13.7 Å². The molecular formula is C31H33N7O2. The third-order valence-corrected chi connectivity index (χ3v) is 9.38. The van der Waals surface area contributed by atoms with Gasteiger partial charge in [-0.15, -0.1) is 0 Å².